The number of sulfonamides is 1. The van der Waals surface area contributed by atoms with E-state index in [-0.39, 0.29) is 32.9 Å². The second kappa shape index (κ2) is 8.33. The van der Waals surface area contributed by atoms with Gasteiger partial charge < -0.3 is 20.2 Å². The molecule has 10 nitrogen and oxygen atoms in total. The molecular weight excluding hydrogens is 488 g/mol. The van der Waals surface area contributed by atoms with E-state index in [4.69, 9.17) is 5.14 Å². The molecule has 4 heterocycles. The highest BCUT2D eigenvalue weighted by molar-refractivity contribution is 7.91. The van der Waals surface area contributed by atoms with Gasteiger partial charge in [0, 0.05) is 36.4 Å². The van der Waals surface area contributed by atoms with Crippen LogP contribution in [0.25, 0.3) is 21.3 Å². The fourth-order valence-electron chi connectivity index (χ4n) is 3.95. The van der Waals surface area contributed by atoms with Crippen LogP contribution < -0.4 is 21.3 Å². The van der Waals surface area contributed by atoms with Crippen LogP contribution in [-0.4, -0.2) is 34.9 Å². The second-order valence-corrected chi connectivity index (χ2v) is 11.6. The van der Waals surface area contributed by atoms with Gasteiger partial charge in [0.1, 0.15) is 15.4 Å². The molecule has 1 saturated carbocycles. The van der Waals surface area contributed by atoms with Crippen molar-refractivity contribution in [1.29, 1.82) is 0 Å². The van der Waals surface area contributed by atoms with Gasteiger partial charge in [0.15, 0.2) is 0 Å². The highest BCUT2D eigenvalue weighted by Gasteiger charge is 2.26. The van der Waals surface area contributed by atoms with Crippen molar-refractivity contribution in [2.45, 2.75) is 36.9 Å². The Labute approximate surface area is 205 Å². The average Bonchev–Trinajstić information content (AvgIpc) is 3.31. The number of hydrogen-bond donors (Lipinski definition) is 4. The molecule has 35 heavy (non-hydrogen) atoms. The fraction of sp³-hybridized carbons (Fsp3) is 0.261. The van der Waals surface area contributed by atoms with E-state index in [9.17, 15) is 18.0 Å². The summed E-state index contributed by atoms with van der Waals surface area (Å²) in [7, 11) is -2.38. The van der Waals surface area contributed by atoms with Crippen LogP contribution >= 0.6 is 11.3 Å². The molecule has 0 saturated heterocycles. The predicted octanol–water partition coefficient (Wildman–Crippen LogP) is 2.89. The van der Waals surface area contributed by atoms with E-state index < -0.39 is 10.0 Å². The molecule has 1 aliphatic rings. The third-order valence-corrected chi connectivity index (χ3v) is 8.55. The number of anilines is 2. The standard InChI is InChI=1S/C23H24N6O4S2/c1-11-6-7-25-12(2)19(11)27-16-9-18(35(24,32)33)34-21(16)15-10-29(3)23(31)20-14(15)8-17(28-20)22(30)26-13-4-5-13/h6-10,13,27-28H,4-5H2,1-3H3,(H,26,30)(H2,24,32,33). The van der Waals surface area contributed by atoms with Crippen LogP contribution in [0.15, 0.2) is 39.6 Å². The predicted molar refractivity (Wildman–Crippen MR) is 136 cm³/mol. The molecule has 0 unspecified atom stereocenters. The van der Waals surface area contributed by atoms with Crippen molar-refractivity contribution in [3.63, 3.8) is 0 Å². The van der Waals surface area contributed by atoms with Gasteiger partial charge in [0.25, 0.3) is 11.5 Å². The summed E-state index contributed by atoms with van der Waals surface area (Å²) in [5.41, 5.74) is 3.74. The SMILES string of the molecule is Cc1ccnc(C)c1Nc1cc(S(N)(=O)=O)sc1-c1cn(C)c(=O)c2[nH]c(C(=O)NC3CC3)cc12. The number of aryl methyl sites for hydroxylation is 3. The van der Waals surface area contributed by atoms with E-state index in [1.54, 1.807) is 25.5 Å². The van der Waals surface area contributed by atoms with Crippen molar-refractivity contribution in [2.75, 3.05) is 5.32 Å². The van der Waals surface area contributed by atoms with Crippen LogP contribution in [0.2, 0.25) is 0 Å². The molecule has 0 bridgehead atoms. The number of fused-ring (bicyclic) bond motifs is 1. The van der Waals surface area contributed by atoms with E-state index in [2.05, 4.69) is 20.6 Å². The smallest absolute Gasteiger partial charge is 0.274 e. The molecule has 12 heteroatoms. The highest BCUT2D eigenvalue weighted by Crippen LogP contribution is 2.43. The Hall–Kier alpha value is -3.48. The molecule has 5 rings (SSSR count). The van der Waals surface area contributed by atoms with E-state index >= 15 is 0 Å². The number of aromatic nitrogens is 3. The van der Waals surface area contributed by atoms with E-state index in [1.165, 1.54) is 10.6 Å². The third kappa shape index (κ3) is 4.35. The first-order chi connectivity index (χ1) is 16.5. The Morgan fingerprint density at radius 2 is 2.03 bits per heavy atom. The number of carbonyl (C=O) groups is 1. The lowest BCUT2D eigenvalue weighted by atomic mass is 10.1. The van der Waals surface area contributed by atoms with E-state index in [0.717, 1.165) is 41.1 Å². The number of pyridine rings is 2. The van der Waals surface area contributed by atoms with Crippen LogP contribution in [0.3, 0.4) is 0 Å². The molecule has 0 aliphatic heterocycles. The number of thiophene rings is 1. The summed E-state index contributed by atoms with van der Waals surface area (Å²) in [5, 5.41) is 12.2. The van der Waals surface area contributed by atoms with Gasteiger partial charge in [-0.05, 0) is 50.5 Å². The van der Waals surface area contributed by atoms with Crippen LogP contribution in [-0.2, 0) is 17.1 Å². The van der Waals surface area contributed by atoms with E-state index in [0.29, 0.717) is 21.5 Å². The summed E-state index contributed by atoms with van der Waals surface area (Å²) in [6.45, 7) is 3.77. The maximum atomic E-state index is 12.9. The minimum absolute atomic E-state index is 0.0292. The molecule has 0 radical (unpaired) electrons. The molecule has 0 aromatic carbocycles. The molecule has 4 aromatic rings. The summed E-state index contributed by atoms with van der Waals surface area (Å²) in [6, 6.07) is 5.12. The van der Waals surface area contributed by atoms with Crippen LogP contribution in [0, 0.1) is 13.8 Å². The zero-order valence-electron chi connectivity index (χ0n) is 19.3. The molecule has 5 N–H and O–H groups in total. The van der Waals surface area contributed by atoms with Crippen LogP contribution in [0.5, 0.6) is 0 Å². The fourth-order valence-corrected chi connectivity index (χ4v) is 5.81. The van der Waals surface area contributed by atoms with Crippen molar-refractivity contribution in [1.82, 2.24) is 19.9 Å². The maximum absolute atomic E-state index is 12.9. The minimum atomic E-state index is -3.99. The molecule has 182 valence electrons. The number of carbonyl (C=O) groups excluding carboxylic acids is 1. The van der Waals surface area contributed by atoms with Gasteiger partial charge in [-0.25, -0.2) is 13.6 Å². The minimum Gasteiger partial charge on any atom is -0.353 e. The monoisotopic (exact) mass is 512 g/mol. The Balaban J connectivity index is 1.71. The van der Waals surface area contributed by atoms with Crippen molar-refractivity contribution < 1.29 is 13.2 Å². The van der Waals surface area contributed by atoms with Crippen LogP contribution in [0.4, 0.5) is 11.4 Å². The van der Waals surface area contributed by atoms with Gasteiger partial charge in [-0.15, -0.1) is 11.3 Å². The molecule has 4 aromatic heterocycles. The first-order valence-corrected chi connectivity index (χ1v) is 13.3. The lowest BCUT2D eigenvalue weighted by Crippen LogP contribution is -2.25. The van der Waals surface area contributed by atoms with Gasteiger partial charge in [-0.2, -0.15) is 0 Å². The number of rotatable bonds is 6. The number of hydrogen-bond acceptors (Lipinski definition) is 7. The Bertz CT molecular complexity index is 1640. The highest BCUT2D eigenvalue weighted by atomic mass is 32.2. The van der Waals surface area contributed by atoms with Crippen LogP contribution in [0.1, 0.15) is 34.6 Å². The van der Waals surface area contributed by atoms with Crippen molar-refractivity contribution in [3.05, 3.63) is 57.9 Å². The molecule has 0 spiro atoms. The van der Waals surface area contributed by atoms with Crippen molar-refractivity contribution in [3.8, 4) is 10.4 Å². The number of H-pyrrole nitrogens is 1. The number of aromatic amines is 1. The Morgan fingerprint density at radius 3 is 2.69 bits per heavy atom. The number of nitrogens with zero attached hydrogens (tertiary/aromatic N) is 2. The quantitative estimate of drug-likeness (QED) is 0.312. The van der Waals surface area contributed by atoms with Crippen molar-refractivity contribution >= 4 is 49.5 Å². The largest absolute Gasteiger partial charge is 0.353 e. The first kappa shape index (κ1) is 23.3. The topological polar surface area (TPSA) is 152 Å². The molecule has 1 amide bonds. The molecule has 1 fully saturated rings. The zero-order chi connectivity index (χ0) is 25.1. The molecule has 0 atom stereocenters. The van der Waals surface area contributed by atoms with Gasteiger partial charge >= 0.3 is 0 Å². The zero-order valence-corrected chi connectivity index (χ0v) is 20.9. The maximum Gasteiger partial charge on any atom is 0.274 e. The summed E-state index contributed by atoms with van der Waals surface area (Å²) in [4.78, 5) is 33.4. The summed E-state index contributed by atoms with van der Waals surface area (Å²) < 4.78 is 25.8. The Kier molecular flexibility index (Phi) is 5.54. The van der Waals surface area contributed by atoms with Crippen molar-refractivity contribution in [2.24, 2.45) is 12.2 Å². The van der Waals surface area contributed by atoms with Gasteiger partial charge in [-0.1, -0.05) is 0 Å². The summed E-state index contributed by atoms with van der Waals surface area (Å²) in [6.07, 6.45) is 5.21. The molecular formula is C23H24N6O4S2. The number of nitrogens with two attached hydrogens (primary N) is 1. The number of amides is 1. The van der Waals surface area contributed by atoms with Gasteiger partial charge in [0.2, 0.25) is 10.0 Å². The number of nitrogens with one attached hydrogen (secondary N) is 3. The normalized spacial score (nSPS) is 13.8. The molecule has 1 aliphatic carbocycles. The third-order valence-electron chi connectivity index (χ3n) is 5.97. The average molecular weight is 513 g/mol. The first-order valence-electron chi connectivity index (χ1n) is 10.9. The van der Waals surface area contributed by atoms with Gasteiger partial charge in [0.05, 0.1) is 21.9 Å². The number of primary sulfonamides is 1. The lowest BCUT2D eigenvalue weighted by molar-refractivity contribution is 0.0947. The van der Waals surface area contributed by atoms with Gasteiger partial charge in [-0.3, -0.25) is 14.6 Å². The summed E-state index contributed by atoms with van der Waals surface area (Å²) in [5.74, 6) is -0.284. The Morgan fingerprint density at radius 1 is 1.29 bits per heavy atom. The second-order valence-electron chi connectivity index (χ2n) is 8.74. The van der Waals surface area contributed by atoms with E-state index in [1.807, 2.05) is 19.9 Å². The summed E-state index contributed by atoms with van der Waals surface area (Å²) >= 11 is 0.993. The lowest BCUT2D eigenvalue weighted by Gasteiger charge is -2.13.